The van der Waals surface area contributed by atoms with E-state index in [9.17, 15) is 9.59 Å². The fraction of sp³-hybridized carbons (Fsp3) is 0.118. The Labute approximate surface area is 233 Å². The van der Waals surface area contributed by atoms with Crippen molar-refractivity contribution in [1.82, 2.24) is 0 Å². The molecule has 0 radical (unpaired) electrons. The van der Waals surface area contributed by atoms with Crippen molar-refractivity contribution in [1.29, 1.82) is 0 Å². The van der Waals surface area contributed by atoms with Gasteiger partial charge < -0.3 is 9.47 Å². The summed E-state index contributed by atoms with van der Waals surface area (Å²) in [4.78, 5) is 26.5. The van der Waals surface area contributed by atoms with Gasteiger partial charge in [-0.3, -0.25) is 0 Å². The molecular weight excluding hydrogens is 552 g/mol. The summed E-state index contributed by atoms with van der Waals surface area (Å²) < 4.78 is 13.1. The van der Waals surface area contributed by atoms with Crippen LogP contribution >= 0.6 is 15.9 Å². The van der Waals surface area contributed by atoms with Gasteiger partial charge in [0, 0.05) is 10.0 Å². The van der Waals surface area contributed by atoms with Crippen molar-refractivity contribution in [3.8, 4) is 0 Å². The average molecular weight is 575 g/mol. The summed E-state index contributed by atoms with van der Waals surface area (Å²) >= 11 is 3.91. The van der Waals surface area contributed by atoms with Gasteiger partial charge >= 0.3 is 11.9 Å². The summed E-state index contributed by atoms with van der Waals surface area (Å²) in [5, 5.41) is 6.99. The molecule has 0 aliphatic heterocycles. The summed E-state index contributed by atoms with van der Waals surface area (Å²) in [6.45, 7) is 0. The molecule has 7 rings (SSSR count). The van der Waals surface area contributed by atoms with Crippen LogP contribution in [-0.2, 0) is 15.9 Å². The van der Waals surface area contributed by atoms with Gasteiger partial charge in [-0.05, 0) is 90.9 Å². The lowest BCUT2D eigenvalue weighted by atomic mass is 9.81. The zero-order valence-electron chi connectivity index (χ0n) is 20.9. The Morgan fingerprint density at radius 3 is 1.87 bits per heavy atom. The van der Waals surface area contributed by atoms with E-state index < -0.39 is 24.1 Å². The van der Waals surface area contributed by atoms with Gasteiger partial charge in [-0.25, -0.2) is 9.59 Å². The number of fused-ring (bicyclic) bond motifs is 2. The summed E-state index contributed by atoms with van der Waals surface area (Å²) in [7, 11) is 0. The van der Waals surface area contributed by atoms with E-state index in [1.807, 2.05) is 12.1 Å². The molecule has 39 heavy (non-hydrogen) atoms. The Bertz CT molecular complexity index is 1850. The Balaban J connectivity index is 1.40. The molecule has 6 aromatic rings. The van der Waals surface area contributed by atoms with Crippen molar-refractivity contribution in [2.75, 3.05) is 0 Å². The maximum absolute atomic E-state index is 13.3. The highest BCUT2D eigenvalue weighted by Gasteiger charge is 2.39. The molecule has 5 heteroatoms. The van der Waals surface area contributed by atoms with E-state index in [4.69, 9.17) is 9.47 Å². The molecule has 0 aromatic heterocycles. The Kier molecular flexibility index (Phi) is 5.82. The third kappa shape index (κ3) is 3.96. The minimum absolute atomic E-state index is 0.432. The molecule has 190 valence electrons. The zero-order chi connectivity index (χ0) is 26.5. The SMILES string of the molecule is O=C(O[C@@H]1c2c(Br)c3ccc4cccc5ccc(c2CC[C@H]1OC(=O)c1ccccc1)c3c45)c1ccccc1. The second-order valence-electron chi connectivity index (χ2n) is 9.93. The minimum Gasteiger partial charge on any atom is -0.454 e. The number of carbonyl (C=O) groups excluding carboxylic acids is 2. The second kappa shape index (κ2) is 9.51. The van der Waals surface area contributed by atoms with E-state index in [1.54, 1.807) is 48.5 Å². The third-order valence-corrected chi connectivity index (χ3v) is 8.57. The van der Waals surface area contributed by atoms with Crippen LogP contribution in [0.5, 0.6) is 0 Å². The van der Waals surface area contributed by atoms with Crippen LogP contribution in [-0.4, -0.2) is 18.0 Å². The Hall–Kier alpha value is -4.22. The molecule has 1 aliphatic rings. The summed E-state index contributed by atoms with van der Waals surface area (Å²) in [5.74, 6) is -0.884. The van der Waals surface area contributed by atoms with Gasteiger partial charge in [0.1, 0.15) is 6.10 Å². The van der Waals surface area contributed by atoms with Gasteiger partial charge in [-0.15, -0.1) is 0 Å². The number of hydrogen-bond donors (Lipinski definition) is 0. The van der Waals surface area contributed by atoms with Gasteiger partial charge in [0.15, 0.2) is 6.10 Å². The number of carbonyl (C=O) groups is 2. The van der Waals surface area contributed by atoms with Crippen molar-refractivity contribution in [3.05, 3.63) is 130 Å². The van der Waals surface area contributed by atoms with Crippen LogP contribution in [0.2, 0.25) is 0 Å². The monoisotopic (exact) mass is 574 g/mol. The number of esters is 2. The highest BCUT2D eigenvalue weighted by molar-refractivity contribution is 9.10. The van der Waals surface area contributed by atoms with Crippen molar-refractivity contribution < 1.29 is 19.1 Å². The fourth-order valence-corrected chi connectivity index (χ4v) is 6.72. The van der Waals surface area contributed by atoms with E-state index in [1.165, 1.54) is 21.5 Å². The van der Waals surface area contributed by atoms with Crippen molar-refractivity contribution in [3.63, 3.8) is 0 Å². The number of ether oxygens (including phenoxy) is 2. The van der Waals surface area contributed by atoms with Gasteiger partial charge in [0.05, 0.1) is 11.1 Å². The topological polar surface area (TPSA) is 52.6 Å². The number of halogens is 1. The molecule has 6 aromatic carbocycles. The first kappa shape index (κ1) is 23.9. The number of rotatable bonds is 4. The Morgan fingerprint density at radius 2 is 1.23 bits per heavy atom. The summed E-state index contributed by atoms with van der Waals surface area (Å²) in [6, 6.07) is 32.8. The molecule has 4 nitrogen and oxygen atoms in total. The minimum atomic E-state index is -0.773. The standard InChI is InChI=1S/C34H23BrO4/c35-31-26-17-15-21-13-7-12-20-14-16-24(29(26)28(20)21)25-18-19-27(38-33(36)22-8-3-1-4-9-22)32(30(25)31)39-34(37)23-10-5-2-6-11-23/h1-17,27,32H,18-19H2/t27-,32+/m1/s1. The molecule has 0 bridgehead atoms. The molecule has 0 unspecified atom stereocenters. The predicted octanol–water partition coefficient (Wildman–Crippen LogP) is 8.42. The second-order valence-corrected chi connectivity index (χ2v) is 10.7. The fourth-order valence-electron chi connectivity index (χ4n) is 5.92. The van der Waals surface area contributed by atoms with Crippen molar-refractivity contribution in [2.45, 2.75) is 25.0 Å². The van der Waals surface area contributed by atoms with Gasteiger partial charge in [-0.1, -0.05) is 78.9 Å². The summed E-state index contributed by atoms with van der Waals surface area (Å²) in [6.07, 6.45) is -0.184. The van der Waals surface area contributed by atoms with Crippen molar-refractivity contribution in [2.24, 2.45) is 0 Å². The molecule has 0 fully saturated rings. The first-order valence-electron chi connectivity index (χ1n) is 13.0. The number of aryl methyl sites for hydroxylation is 1. The molecule has 1 aliphatic carbocycles. The highest BCUT2D eigenvalue weighted by atomic mass is 79.9. The molecule has 0 N–H and O–H groups in total. The van der Waals surface area contributed by atoms with Gasteiger partial charge in [0.2, 0.25) is 0 Å². The molecule has 0 amide bonds. The van der Waals surface area contributed by atoms with E-state index in [-0.39, 0.29) is 0 Å². The first-order chi connectivity index (χ1) is 19.1. The lowest BCUT2D eigenvalue weighted by Gasteiger charge is -2.35. The molecule has 0 spiro atoms. The van der Waals surface area contributed by atoms with Crippen LogP contribution in [0, 0.1) is 0 Å². The summed E-state index contributed by atoms with van der Waals surface area (Å²) in [5.41, 5.74) is 2.89. The maximum atomic E-state index is 13.3. The van der Waals surface area contributed by atoms with Gasteiger partial charge in [0.25, 0.3) is 0 Å². The lowest BCUT2D eigenvalue weighted by molar-refractivity contribution is -0.0438. The normalized spacial score (nSPS) is 16.8. The van der Waals surface area contributed by atoms with Crippen LogP contribution < -0.4 is 0 Å². The van der Waals surface area contributed by atoms with Crippen LogP contribution in [0.15, 0.2) is 108 Å². The average Bonchev–Trinajstić information content (AvgIpc) is 2.98. The molecule has 0 saturated heterocycles. The van der Waals surface area contributed by atoms with Crippen LogP contribution in [0.3, 0.4) is 0 Å². The predicted molar refractivity (Wildman–Crippen MR) is 156 cm³/mol. The smallest absolute Gasteiger partial charge is 0.338 e. The zero-order valence-corrected chi connectivity index (χ0v) is 22.5. The quantitative estimate of drug-likeness (QED) is 0.156. The molecular formula is C34H23BrO4. The lowest BCUT2D eigenvalue weighted by Crippen LogP contribution is -2.34. The third-order valence-electron chi connectivity index (χ3n) is 7.71. The van der Waals surface area contributed by atoms with Crippen LogP contribution in [0.1, 0.15) is 44.4 Å². The molecule has 2 atom stereocenters. The van der Waals surface area contributed by atoms with E-state index in [2.05, 4.69) is 58.4 Å². The Morgan fingerprint density at radius 1 is 0.641 bits per heavy atom. The van der Waals surface area contributed by atoms with Crippen LogP contribution in [0.25, 0.3) is 32.3 Å². The van der Waals surface area contributed by atoms with Gasteiger partial charge in [-0.2, -0.15) is 0 Å². The first-order valence-corrected chi connectivity index (χ1v) is 13.8. The van der Waals surface area contributed by atoms with Crippen molar-refractivity contribution >= 4 is 60.2 Å². The molecule has 0 saturated carbocycles. The number of benzene rings is 6. The molecule has 0 heterocycles. The van der Waals surface area contributed by atoms with E-state index in [0.29, 0.717) is 24.0 Å². The largest absolute Gasteiger partial charge is 0.454 e. The van der Waals surface area contributed by atoms with Crippen LogP contribution in [0.4, 0.5) is 0 Å². The van der Waals surface area contributed by atoms with E-state index in [0.717, 1.165) is 26.4 Å². The van der Waals surface area contributed by atoms with E-state index >= 15 is 0 Å². The maximum Gasteiger partial charge on any atom is 0.338 e. The highest BCUT2D eigenvalue weighted by Crippen LogP contribution is 2.48. The number of hydrogen-bond acceptors (Lipinski definition) is 4.